The van der Waals surface area contributed by atoms with Crippen LogP contribution in [0.1, 0.15) is 33.6 Å². The Bertz CT molecular complexity index is 657. The third-order valence-corrected chi connectivity index (χ3v) is 3.33. The minimum absolute atomic E-state index is 0.00754. The minimum atomic E-state index is -0.840. The lowest BCUT2D eigenvalue weighted by Gasteiger charge is -2.03. The first-order valence-electron chi connectivity index (χ1n) is 7.00. The average Bonchev–Trinajstić information content (AvgIpc) is 2.96. The number of nitro benzene ring substituents is 1. The van der Waals surface area contributed by atoms with Gasteiger partial charge in [0.15, 0.2) is 0 Å². The minimum Gasteiger partial charge on any atom is -0.465 e. The van der Waals surface area contributed by atoms with E-state index in [1.165, 1.54) is 6.07 Å². The number of amides is 1. The molecule has 0 spiro atoms. The molecule has 1 aromatic rings. The first-order chi connectivity index (χ1) is 11.3. The second-order valence-electron chi connectivity index (χ2n) is 4.89. The van der Waals surface area contributed by atoms with Gasteiger partial charge < -0.3 is 14.4 Å². The van der Waals surface area contributed by atoms with E-state index < -0.39 is 22.5 Å². The molecule has 0 N–H and O–H groups in total. The highest BCUT2D eigenvalue weighted by atomic mass is 16.6. The molecule has 0 bridgehead atoms. The van der Waals surface area contributed by atoms with E-state index in [2.05, 4.69) is 9.47 Å². The van der Waals surface area contributed by atoms with Gasteiger partial charge in [0.25, 0.3) is 5.69 Å². The van der Waals surface area contributed by atoms with Crippen LogP contribution >= 0.6 is 0 Å². The fourth-order valence-electron chi connectivity index (χ4n) is 1.99. The predicted octanol–water partition coefficient (Wildman–Crippen LogP) is 1.41. The molecule has 1 fully saturated rings. The van der Waals surface area contributed by atoms with Crippen molar-refractivity contribution < 1.29 is 28.8 Å². The molecule has 24 heavy (non-hydrogen) atoms. The second-order valence-corrected chi connectivity index (χ2v) is 4.89. The van der Waals surface area contributed by atoms with E-state index in [0.29, 0.717) is 5.91 Å². The fourth-order valence-corrected chi connectivity index (χ4v) is 1.99. The van der Waals surface area contributed by atoms with Crippen LogP contribution in [0.3, 0.4) is 0 Å². The lowest BCUT2D eigenvalue weighted by Crippen LogP contribution is -2.17. The van der Waals surface area contributed by atoms with Crippen molar-refractivity contribution in [2.24, 2.45) is 0 Å². The Morgan fingerprint density at radius 3 is 2.21 bits per heavy atom. The lowest BCUT2D eigenvalue weighted by atomic mass is 10.1. The van der Waals surface area contributed by atoms with Gasteiger partial charge in [0.1, 0.15) is 5.56 Å². The smallest absolute Gasteiger partial charge is 0.344 e. The number of nitrogens with zero attached hydrogens (tertiary/aromatic N) is 2. The summed E-state index contributed by atoms with van der Waals surface area (Å²) < 4.78 is 8.81. The molecule has 130 valence electrons. The van der Waals surface area contributed by atoms with E-state index in [1.807, 2.05) is 7.05 Å². The summed E-state index contributed by atoms with van der Waals surface area (Å²) in [5.74, 6) is -1.27. The SMILES string of the molecule is CN1CCCC1=O.COC(=O)c1ccc(C(=O)OC)c([N+](=O)[O-])c1. The zero-order valence-electron chi connectivity index (χ0n) is 13.6. The Kier molecular flexibility index (Phi) is 6.84. The predicted molar refractivity (Wildman–Crippen MR) is 82.6 cm³/mol. The molecule has 0 unspecified atom stereocenters. The lowest BCUT2D eigenvalue weighted by molar-refractivity contribution is -0.385. The summed E-state index contributed by atoms with van der Waals surface area (Å²) in [5, 5.41) is 10.8. The molecule has 1 amide bonds. The van der Waals surface area contributed by atoms with Crippen LogP contribution in [0.4, 0.5) is 5.69 Å². The molecule has 0 aliphatic carbocycles. The zero-order valence-corrected chi connectivity index (χ0v) is 13.6. The highest BCUT2D eigenvalue weighted by Gasteiger charge is 2.23. The maximum Gasteiger partial charge on any atom is 0.344 e. The quantitative estimate of drug-likeness (QED) is 0.464. The van der Waals surface area contributed by atoms with Crippen molar-refractivity contribution in [3.8, 4) is 0 Å². The van der Waals surface area contributed by atoms with Gasteiger partial charge in [-0.3, -0.25) is 14.9 Å². The van der Waals surface area contributed by atoms with Crippen LogP contribution in [0.2, 0.25) is 0 Å². The van der Waals surface area contributed by atoms with Crippen molar-refractivity contribution in [3.63, 3.8) is 0 Å². The van der Waals surface area contributed by atoms with Crippen LogP contribution in [-0.4, -0.2) is 55.5 Å². The Labute approximate surface area is 138 Å². The van der Waals surface area contributed by atoms with Crippen LogP contribution in [-0.2, 0) is 14.3 Å². The van der Waals surface area contributed by atoms with E-state index in [-0.39, 0.29) is 11.1 Å². The largest absolute Gasteiger partial charge is 0.465 e. The van der Waals surface area contributed by atoms with Gasteiger partial charge in [-0.05, 0) is 18.6 Å². The molecule has 9 nitrogen and oxygen atoms in total. The van der Waals surface area contributed by atoms with Crippen molar-refractivity contribution in [3.05, 3.63) is 39.4 Å². The third-order valence-electron chi connectivity index (χ3n) is 3.33. The third kappa shape index (κ3) is 4.77. The number of likely N-dealkylation sites (tertiary alicyclic amines) is 1. The van der Waals surface area contributed by atoms with Crippen LogP contribution in [0.25, 0.3) is 0 Å². The topological polar surface area (TPSA) is 116 Å². The number of hydrogen-bond acceptors (Lipinski definition) is 7. The summed E-state index contributed by atoms with van der Waals surface area (Å²) in [6.07, 6.45) is 1.81. The van der Waals surface area contributed by atoms with Crippen molar-refractivity contribution in [2.45, 2.75) is 12.8 Å². The molecule has 0 atom stereocenters. The van der Waals surface area contributed by atoms with Gasteiger partial charge in [-0.25, -0.2) is 9.59 Å². The molecule has 1 aliphatic heterocycles. The standard InChI is InChI=1S/C10H9NO6.C5H9NO/c1-16-9(12)6-3-4-7(10(13)17-2)8(5-6)11(14)15;1-6-4-2-3-5(6)7/h3-5H,1-2H3;2-4H2,1H3. The average molecular weight is 338 g/mol. The summed E-state index contributed by atoms with van der Waals surface area (Å²) in [6.45, 7) is 0.957. The van der Waals surface area contributed by atoms with E-state index in [0.717, 1.165) is 45.7 Å². The number of carbonyl (C=O) groups excluding carboxylic acids is 3. The van der Waals surface area contributed by atoms with E-state index in [4.69, 9.17) is 0 Å². The maximum atomic E-state index is 11.2. The first kappa shape index (κ1) is 19.1. The van der Waals surface area contributed by atoms with Gasteiger partial charge in [-0.1, -0.05) is 0 Å². The number of hydrogen-bond donors (Lipinski definition) is 0. The van der Waals surface area contributed by atoms with Gasteiger partial charge in [-0.15, -0.1) is 0 Å². The van der Waals surface area contributed by atoms with Crippen LogP contribution in [0.5, 0.6) is 0 Å². The van der Waals surface area contributed by atoms with Crippen molar-refractivity contribution >= 4 is 23.5 Å². The van der Waals surface area contributed by atoms with E-state index in [1.54, 1.807) is 4.90 Å². The molecular formula is C15H18N2O7. The molecule has 1 aromatic carbocycles. The van der Waals surface area contributed by atoms with E-state index in [9.17, 15) is 24.5 Å². The van der Waals surface area contributed by atoms with Gasteiger partial charge in [0.05, 0.1) is 24.7 Å². The highest BCUT2D eigenvalue weighted by molar-refractivity contribution is 5.97. The van der Waals surface area contributed by atoms with E-state index >= 15 is 0 Å². The number of esters is 2. The number of ether oxygens (including phenoxy) is 2. The molecule has 1 aliphatic rings. The summed E-state index contributed by atoms with van der Waals surface area (Å²) in [6, 6.07) is 3.37. The summed E-state index contributed by atoms with van der Waals surface area (Å²) in [7, 11) is 4.11. The Morgan fingerprint density at radius 2 is 1.83 bits per heavy atom. The van der Waals surface area contributed by atoms with Crippen molar-refractivity contribution in [1.82, 2.24) is 4.90 Å². The number of nitro groups is 1. The number of carbonyl (C=O) groups is 3. The zero-order chi connectivity index (χ0) is 18.3. The fraction of sp³-hybridized carbons (Fsp3) is 0.400. The number of methoxy groups -OCH3 is 2. The second kappa shape index (κ2) is 8.61. The highest BCUT2D eigenvalue weighted by Crippen LogP contribution is 2.21. The van der Waals surface area contributed by atoms with Gasteiger partial charge in [0, 0.05) is 26.1 Å². The molecular weight excluding hydrogens is 320 g/mol. The molecule has 2 rings (SSSR count). The summed E-state index contributed by atoms with van der Waals surface area (Å²) >= 11 is 0. The van der Waals surface area contributed by atoms with Crippen molar-refractivity contribution in [1.29, 1.82) is 0 Å². The Hall–Kier alpha value is -2.97. The van der Waals surface area contributed by atoms with Gasteiger partial charge >= 0.3 is 11.9 Å². The molecule has 9 heteroatoms. The molecule has 0 aromatic heterocycles. The monoisotopic (exact) mass is 338 g/mol. The Balaban J connectivity index is 0.000000341. The number of benzene rings is 1. The summed E-state index contributed by atoms with van der Waals surface area (Å²) in [4.78, 5) is 44.7. The van der Waals surface area contributed by atoms with Crippen molar-refractivity contribution in [2.75, 3.05) is 27.8 Å². The maximum absolute atomic E-state index is 11.2. The first-order valence-corrected chi connectivity index (χ1v) is 7.00. The van der Waals surface area contributed by atoms with Crippen LogP contribution < -0.4 is 0 Å². The Morgan fingerprint density at radius 1 is 1.21 bits per heavy atom. The van der Waals surface area contributed by atoms with Gasteiger partial charge in [0.2, 0.25) is 5.91 Å². The number of rotatable bonds is 3. The van der Waals surface area contributed by atoms with Crippen LogP contribution in [0, 0.1) is 10.1 Å². The molecule has 1 saturated heterocycles. The summed E-state index contributed by atoms with van der Waals surface area (Å²) in [5.41, 5.74) is -0.725. The molecule has 0 radical (unpaired) electrons. The molecule has 0 saturated carbocycles. The molecule has 1 heterocycles. The van der Waals surface area contributed by atoms with Crippen LogP contribution in [0.15, 0.2) is 18.2 Å². The van der Waals surface area contributed by atoms with Gasteiger partial charge in [-0.2, -0.15) is 0 Å². The normalized spacial score (nSPS) is 13.0.